The Morgan fingerprint density at radius 1 is 0.935 bits per heavy atom. The second-order valence-corrected chi connectivity index (χ2v) is 10.5. The average Bonchev–Trinajstić information content (AvgIpc) is 3.30. The van der Waals surface area contributed by atoms with Crippen LogP contribution in [-0.2, 0) is 10.0 Å². The van der Waals surface area contributed by atoms with E-state index in [0.717, 1.165) is 13.1 Å². The molecule has 31 heavy (non-hydrogen) atoms. The number of carbonyl (C=O) groups excluding carboxylic acids is 1. The molecular weight excluding hydrogens is 457 g/mol. The van der Waals surface area contributed by atoms with Gasteiger partial charge < -0.3 is 4.90 Å². The van der Waals surface area contributed by atoms with Crippen LogP contribution in [0.3, 0.4) is 0 Å². The number of rotatable bonds is 5. The minimum Gasteiger partial charge on any atom is -0.336 e. The van der Waals surface area contributed by atoms with Crippen LogP contribution in [-0.4, -0.2) is 56.3 Å². The lowest BCUT2D eigenvalue weighted by Gasteiger charge is -2.38. The van der Waals surface area contributed by atoms with Gasteiger partial charge in [0.25, 0.3) is 15.9 Å². The van der Waals surface area contributed by atoms with Gasteiger partial charge in [0.1, 0.15) is 0 Å². The maximum atomic E-state index is 13.0. The molecule has 2 aliphatic rings. The maximum absolute atomic E-state index is 13.0. The molecule has 0 radical (unpaired) electrons. The van der Waals surface area contributed by atoms with Crippen molar-refractivity contribution < 1.29 is 13.2 Å². The number of hydrogen-bond acceptors (Lipinski definition) is 4. The first-order chi connectivity index (χ1) is 14.8. The first kappa shape index (κ1) is 22.4. The topological polar surface area (TPSA) is 69.7 Å². The quantitative estimate of drug-likeness (QED) is 0.682. The maximum Gasteiger partial charge on any atom is 0.261 e. The Kier molecular flexibility index (Phi) is 6.77. The van der Waals surface area contributed by atoms with Crippen molar-refractivity contribution in [2.45, 2.75) is 36.6 Å². The molecular formula is C22H25Cl2N3O3S. The Hall–Kier alpha value is -1.80. The summed E-state index contributed by atoms with van der Waals surface area (Å²) in [5.74, 6) is -0.0818. The van der Waals surface area contributed by atoms with Crippen molar-refractivity contribution in [3.05, 3.63) is 58.1 Å². The molecule has 2 aromatic rings. The first-order valence-corrected chi connectivity index (χ1v) is 12.7. The minimum atomic E-state index is -3.86. The molecule has 9 heteroatoms. The van der Waals surface area contributed by atoms with Gasteiger partial charge in [0, 0.05) is 43.5 Å². The third-order valence-corrected chi connectivity index (χ3v) is 8.12. The summed E-state index contributed by atoms with van der Waals surface area (Å²) >= 11 is 11.8. The van der Waals surface area contributed by atoms with Gasteiger partial charge in [0.05, 0.1) is 14.9 Å². The lowest BCUT2D eigenvalue weighted by Crippen LogP contribution is -2.51. The normalized spacial score (nSPS) is 18.3. The second kappa shape index (κ2) is 9.36. The van der Waals surface area contributed by atoms with Gasteiger partial charge in [-0.05, 0) is 49.2 Å². The summed E-state index contributed by atoms with van der Waals surface area (Å²) in [5, 5.41) is 0.437. The predicted octanol–water partition coefficient (Wildman–Crippen LogP) is 4.49. The van der Waals surface area contributed by atoms with Crippen molar-refractivity contribution >= 4 is 44.8 Å². The van der Waals surface area contributed by atoms with Crippen LogP contribution in [0.25, 0.3) is 0 Å². The van der Waals surface area contributed by atoms with Crippen molar-refractivity contribution in [2.75, 3.05) is 30.9 Å². The summed E-state index contributed by atoms with van der Waals surface area (Å²) in [5.41, 5.74) is 0.783. The number of halogens is 2. The number of amides is 1. The molecule has 1 aliphatic carbocycles. The zero-order chi connectivity index (χ0) is 22.0. The van der Waals surface area contributed by atoms with Crippen LogP contribution < -0.4 is 4.72 Å². The van der Waals surface area contributed by atoms with E-state index in [-0.39, 0.29) is 20.8 Å². The molecule has 0 bridgehead atoms. The van der Waals surface area contributed by atoms with Crippen LogP contribution in [0.5, 0.6) is 0 Å². The lowest BCUT2D eigenvalue weighted by atomic mass is 10.1. The Labute approximate surface area is 193 Å². The number of nitrogens with zero attached hydrogens (tertiary/aromatic N) is 2. The van der Waals surface area contributed by atoms with E-state index < -0.39 is 10.0 Å². The Bertz CT molecular complexity index is 1060. The van der Waals surface area contributed by atoms with E-state index in [1.807, 2.05) is 4.90 Å². The molecule has 166 valence electrons. The van der Waals surface area contributed by atoms with Crippen LogP contribution in [0.1, 0.15) is 36.0 Å². The summed E-state index contributed by atoms with van der Waals surface area (Å²) in [6, 6.07) is 11.3. The Morgan fingerprint density at radius 3 is 2.32 bits per heavy atom. The second-order valence-electron chi connectivity index (χ2n) is 8.03. The van der Waals surface area contributed by atoms with Gasteiger partial charge in [-0.15, -0.1) is 0 Å². The van der Waals surface area contributed by atoms with E-state index in [1.54, 1.807) is 24.3 Å². The number of benzene rings is 2. The third kappa shape index (κ3) is 5.17. The molecule has 1 N–H and O–H groups in total. The molecule has 1 aliphatic heterocycles. The fourth-order valence-corrected chi connectivity index (χ4v) is 5.75. The number of anilines is 1. The summed E-state index contributed by atoms with van der Waals surface area (Å²) in [4.78, 5) is 17.3. The van der Waals surface area contributed by atoms with Crippen molar-refractivity contribution in [3.8, 4) is 0 Å². The number of nitrogens with one attached hydrogen (secondary N) is 1. The van der Waals surface area contributed by atoms with Crippen LogP contribution in [0, 0.1) is 0 Å². The zero-order valence-electron chi connectivity index (χ0n) is 17.1. The lowest BCUT2D eigenvalue weighted by molar-refractivity contribution is 0.0573. The smallest absolute Gasteiger partial charge is 0.261 e. The van der Waals surface area contributed by atoms with Gasteiger partial charge in [0.15, 0.2) is 0 Å². The van der Waals surface area contributed by atoms with E-state index >= 15 is 0 Å². The molecule has 2 fully saturated rings. The Balaban J connectivity index is 1.43. The summed E-state index contributed by atoms with van der Waals surface area (Å²) in [6.45, 7) is 3.16. The first-order valence-electron chi connectivity index (χ1n) is 10.4. The van der Waals surface area contributed by atoms with Gasteiger partial charge in [-0.25, -0.2) is 8.42 Å². The van der Waals surface area contributed by atoms with E-state index in [4.69, 9.17) is 23.2 Å². The SMILES string of the molecule is O=C(c1cccc(NS(=O)(=O)c2ccc(Cl)c(Cl)c2)c1)N1CCN(C2CCCC2)CC1. The van der Waals surface area contributed by atoms with Crippen molar-refractivity contribution in [1.82, 2.24) is 9.80 Å². The number of hydrogen-bond donors (Lipinski definition) is 1. The number of piperazine rings is 1. The fourth-order valence-electron chi connectivity index (χ4n) is 4.32. The highest BCUT2D eigenvalue weighted by atomic mass is 35.5. The monoisotopic (exact) mass is 481 g/mol. The molecule has 0 aromatic heterocycles. The van der Waals surface area contributed by atoms with Gasteiger partial charge in [-0.2, -0.15) is 0 Å². The minimum absolute atomic E-state index is 0.00154. The molecule has 1 saturated carbocycles. The van der Waals surface area contributed by atoms with E-state index in [0.29, 0.717) is 30.4 Å². The highest BCUT2D eigenvalue weighted by Crippen LogP contribution is 2.27. The third-order valence-electron chi connectivity index (χ3n) is 6.01. The summed E-state index contributed by atoms with van der Waals surface area (Å²) < 4.78 is 27.9. The zero-order valence-corrected chi connectivity index (χ0v) is 19.4. The van der Waals surface area contributed by atoms with Crippen LogP contribution in [0.15, 0.2) is 47.4 Å². The highest BCUT2D eigenvalue weighted by Gasteiger charge is 2.28. The molecule has 1 heterocycles. The number of sulfonamides is 1. The molecule has 1 amide bonds. The largest absolute Gasteiger partial charge is 0.336 e. The predicted molar refractivity (Wildman–Crippen MR) is 123 cm³/mol. The van der Waals surface area contributed by atoms with E-state index in [1.165, 1.54) is 43.9 Å². The molecule has 6 nitrogen and oxygen atoms in total. The molecule has 0 spiro atoms. The van der Waals surface area contributed by atoms with E-state index in [9.17, 15) is 13.2 Å². The molecule has 1 saturated heterocycles. The number of carbonyl (C=O) groups is 1. The van der Waals surface area contributed by atoms with Crippen LogP contribution in [0.2, 0.25) is 10.0 Å². The Morgan fingerprint density at radius 2 is 1.65 bits per heavy atom. The van der Waals surface area contributed by atoms with Gasteiger partial charge in [-0.3, -0.25) is 14.4 Å². The fraction of sp³-hybridized carbons (Fsp3) is 0.409. The summed E-state index contributed by atoms with van der Waals surface area (Å²) in [7, 11) is -3.86. The van der Waals surface area contributed by atoms with Crippen molar-refractivity contribution in [2.24, 2.45) is 0 Å². The van der Waals surface area contributed by atoms with Crippen LogP contribution >= 0.6 is 23.2 Å². The van der Waals surface area contributed by atoms with Crippen molar-refractivity contribution in [3.63, 3.8) is 0 Å². The molecule has 4 rings (SSSR count). The van der Waals surface area contributed by atoms with Crippen LogP contribution in [0.4, 0.5) is 5.69 Å². The average molecular weight is 482 g/mol. The van der Waals surface area contributed by atoms with Gasteiger partial charge >= 0.3 is 0 Å². The standard InChI is InChI=1S/C22H25Cl2N3O3S/c23-20-9-8-19(15-21(20)24)31(29,30)25-17-5-3-4-16(14-17)22(28)27-12-10-26(11-13-27)18-6-1-2-7-18/h3-5,8-9,14-15,18,25H,1-2,6-7,10-13H2. The highest BCUT2D eigenvalue weighted by molar-refractivity contribution is 7.92. The molecule has 0 atom stereocenters. The van der Waals surface area contributed by atoms with E-state index in [2.05, 4.69) is 9.62 Å². The van der Waals surface area contributed by atoms with Gasteiger partial charge in [0.2, 0.25) is 0 Å². The van der Waals surface area contributed by atoms with Gasteiger partial charge in [-0.1, -0.05) is 42.1 Å². The van der Waals surface area contributed by atoms with Crippen molar-refractivity contribution in [1.29, 1.82) is 0 Å². The summed E-state index contributed by atoms with van der Waals surface area (Å²) in [6.07, 6.45) is 5.12. The molecule has 0 unspecified atom stereocenters. The molecule has 2 aromatic carbocycles.